The summed E-state index contributed by atoms with van der Waals surface area (Å²) in [5, 5.41) is 5.55. The number of H-pyrrole nitrogens is 1. The van der Waals surface area contributed by atoms with E-state index in [2.05, 4.69) is 10.3 Å². The smallest absolute Gasteiger partial charge is 0.329 e. The Bertz CT molecular complexity index is 1170. The van der Waals surface area contributed by atoms with Crippen LogP contribution in [0.5, 0.6) is 0 Å². The molecule has 0 bridgehead atoms. The fourth-order valence-electron chi connectivity index (χ4n) is 3.23. The molecule has 0 saturated carbocycles. The van der Waals surface area contributed by atoms with Gasteiger partial charge in [-0.2, -0.15) is 0 Å². The van der Waals surface area contributed by atoms with Crippen LogP contribution >= 0.6 is 11.3 Å². The summed E-state index contributed by atoms with van der Waals surface area (Å²) in [6.07, 6.45) is 2.10. The molecule has 4 rings (SSSR count). The minimum atomic E-state index is -0.882. The van der Waals surface area contributed by atoms with Crippen LogP contribution in [0.15, 0.2) is 72.2 Å². The highest BCUT2D eigenvalue weighted by molar-refractivity contribution is 7.12. The third-order valence-electron chi connectivity index (χ3n) is 4.70. The van der Waals surface area contributed by atoms with Crippen LogP contribution in [-0.4, -0.2) is 22.9 Å². The van der Waals surface area contributed by atoms with Crippen LogP contribution in [0.2, 0.25) is 0 Å². The molecule has 0 radical (unpaired) electrons. The summed E-state index contributed by atoms with van der Waals surface area (Å²) >= 11 is 1.30. The van der Waals surface area contributed by atoms with Gasteiger partial charge in [-0.05, 0) is 40.8 Å². The van der Waals surface area contributed by atoms with E-state index in [1.165, 1.54) is 23.5 Å². The molecular weight excluding hydrogens is 403 g/mol. The fraction of sp³-hybridized carbons (Fsp3) is 0.130. The number of fused-ring (bicyclic) bond motifs is 1. The summed E-state index contributed by atoms with van der Waals surface area (Å²) < 4.78 is 18.8. The second-order valence-electron chi connectivity index (χ2n) is 6.80. The molecule has 1 atom stereocenters. The van der Waals surface area contributed by atoms with Gasteiger partial charge in [-0.3, -0.25) is 4.79 Å². The number of nitrogens with one attached hydrogen (secondary N) is 2. The third kappa shape index (κ3) is 4.58. The number of amides is 1. The number of ether oxygens (including phenoxy) is 1. The molecule has 0 aliphatic rings. The van der Waals surface area contributed by atoms with Crippen molar-refractivity contribution >= 4 is 34.1 Å². The average molecular weight is 422 g/mol. The van der Waals surface area contributed by atoms with Crippen LogP contribution in [0.4, 0.5) is 4.39 Å². The zero-order valence-electron chi connectivity index (χ0n) is 15.9. The Morgan fingerprint density at radius 1 is 1.10 bits per heavy atom. The Balaban J connectivity index is 1.52. The first-order valence-electron chi connectivity index (χ1n) is 9.40. The summed E-state index contributed by atoms with van der Waals surface area (Å²) in [6.45, 7) is -0.0736. The number of hydrogen-bond donors (Lipinski definition) is 2. The van der Waals surface area contributed by atoms with Gasteiger partial charge in [0.05, 0.1) is 4.88 Å². The van der Waals surface area contributed by atoms with Crippen molar-refractivity contribution in [2.75, 3.05) is 0 Å². The van der Waals surface area contributed by atoms with Crippen LogP contribution in [0.25, 0.3) is 10.9 Å². The highest BCUT2D eigenvalue weighted by atomic mass is 32.1. The maximum Gasteiger partial charge on any atom is 0.329 e. The summed E-state index contributed by atoms with van der Waals surface area (Å²) in [5.41, 5.74) is 2.38. The topological polar surface area (TPSA) is 71.2 Å². The lowest BCUT2D eigenvalue weighted by molar-refractivity contribution is -0.147. The monoisotopic (exact) mass is 422 g/mol. The van der Waals surface area contributed by atoms with E-state index >= 15 is 0 Å². The molecule has 1 amide bonds. The van der Waals surface area contributed by atoms with Crippen LogP contribution in [-0.2, 0) is 22.6 Å². The van der Waals surface area contributed by atoms with Gasteiger partial charge in [-0.15, -0.1) is 11.3 Å². The van der Waals surface area contributed by atoms with E-state index in [0.717, 1.165) is 16.5 Å². The summed E-state index contributed by atoms with van der Waals surface area (Å²) in [5.74, 6) is -1.31. The number of aromatic nitrogens is 1. The minimum Gasteiger partial charge on any atom is -0.459 e. The number of aromatic amines is 1. The van der Waals surface area contributed by atoms with Gasteiger partial charge in [0.15, 0.2) is 0 Å². The number of hydrogen-bond acceptors (Lipinski definition) is 4. The van der Waals surface area contributed by atoms with Crippen molar-refractivity contribution in [1.29, 1.82) is 0 Å². The number of carbonyl (C=O) groups is 2. The number of para-hydroxylation sites is 1. The Morgan fingerprint density at radius 3 is 2.77 bits per heavy atom. The highest BCUT2D eigenvalue weighted by Gasteiger charge is 2.25. The second-order valence-corrected chi connectivity index (χ2v) is 7.75. The molecule has 0 unspecified atom stereocenters. The average Bonchev–Trinajstić information content (AvgIpc) is 3.42. The maximum atomic E-state index is 13.4. The molecule has 2 heterocycles. The summed E-state index contributed by atoms with van der Waals surface area (Å²) in [4.78, 5) is 29.1. The molecule has 0 spiro atoms. The second kappa shape index (κ2) is 8.92. The molecule has 4 aromatic rings. The third-order valence-corrected chi connectivity index (χ3v) is 5.57. The number of benzene rings is 2. The van der Waals surface area contributed by atoms with Gasteiger partial charge in [-0.25, -0.2) is 9.18 Å². The first-order valence-corrected chi connectivity index (χ1v) is 10.3. The molecule has 5 nitrogen and oxygen atoms in total. The Kier molecular flexibility index (Phi) is 5.90. The lowest BCUT2D eigenvalue weighted by Crippen LogP contribution is -2.43. The number of esters is 1. The molecule has 2 N–H and O–H groups in total. The van der Waals surface area contributed by atoms with Crippen molar-refractivity contribution in [2.45, 2.75) is 19.1 Å². The first kappa shape index (κ1) is 19.8. The van der Waals surface area contributed by atoms with Gasteiger partial charge in [0.25, 0.3) is 5.91 Å². The Morgan fingerprint density at radius 2 is 1.97 bits per heavy atom. The van der Waals surface area contributed by atoms with Crippen molar-refractivity contribution in [3.63, 3.8) is 0 Å². The normalized spacial score (nSPS) is 11.9. The molecule has 30 heavy (non-hydrogen) atoms. The molecule has 7 heteroatoms. The Hall–Kier alpha value is -3.45. The molecule has 0 fully saturated rings. The van der Waals surface area contributed by atoms with Gasteiger partial charge in [0.1, 0.15) is 18.5 Å². The standard InChI is InChI=1S/C23H19FN2O3S/c24-17-6-3-5-15(11-17)14-29-23(28)20(26-22(27)21-9-4-10-30-21)12-16-13-25-19-8-2-1-7-18(16)19/h1-11,13,20,25H,12,14H2,(H,26,27)/t20-/m0/s1. The zero-order valence-corrected chi connectivity index (χ0v) is 16.7. The SMILES string of the molecule is O=C(N[C@@H](Cc1c[nH]c2ccccc12)C(=O)OCc1cccc(F)c1)c1cccs1. The van der Waals surface area contributed by atoms with Gasteiger partial charge >= 0.3 is 5.97 Å². The molecule has 0 saturated heterocycles. The van der Waals surface area contributed by atoms with Gasteiger partial charge in [-0.1, -0.05) is 36.4 Å². The number of halogens is 1. The van der Waals surface area contributed by atoms with Crippen molar-refractivity contribution in [3.8, 4) is 0 Å². The van der Waals surface area contributed by atoms with Crippen LogP contribution in [0.3, 0.4) is 0 Å². The highest BCUT2D eigenvalue weighted by Crippen LogP contribution is 2.20. The molecule has 2 aromatic heterocycles. The van der Waals surface area contributed by atoms with Gasteiger partial charge in [0, 0.05) is 23.5 Å². The predicted octanol–water partition coefficient (Wildman–Crippen LogP) is 4.45. The quantitative estimate of drug-likeness (QED) is 0.432. The van der Waals surface area contributed by atoms with Gasteiger partial charge < -0.3 is 15.0 Å². The van der Waals surface area contributed by atoms with E-state index in [4.69, 9.17) is 4.74 Å². The fourth-order valence-corrected chi connectivity index (χ4v) is 3.86. The van der Waals surface area contributed by atoms with E-state index in [1.807, 2.05) is 30.5 Å². The maximum absolute atomic E-state index is 13.4. The predicted molar refractivity (Wildman–Crippen MR) is 114 cm³/mol. The van der Waals surface area contributed by atoms with Crippen molar-refractivity contribution in [3.05, 3.63) is 94.1 Å². The molecule has 152 valence electrons. The van der Waals surface area contributed by atoms with E-state index < -0.39 is 17.8 Å². The minimum absolute atomic E-state index is 0.0736. The molecule has 2 aromatic carbocycles. The van der Waals surface area contributed by atoms with Crippen LogP contribution < -0.4 is 5.32 Å². The lowest BCUT2D eigenvalue weighted by Gasteiger charge is -2.17. The van der Waals surface area contributed by atoms with E-state index in [1.54, 1.807) is 29.6 Å². The number of rotatable bonds is 7. The van der Waals surface area contributed by atoms with Crippen molar-refractivity contribution in [1.82, 2.24) is 10.3 Å². The summed E-state index contributed by atoms with van der Waals surface area (Å²) in [6, 6.07) is 16.2. The first-order chi connectivity index (χ1) is 14.6. The number of carbonyl (C=O) groups excluding carboxylic acids is 2. The van der Waals surface area contributed by atoms with Crippen molar-refractivity contribution in [2.24, 2.45) is 0 Å². The van der Waals surface area contributed by atoms with E-state index in [0.29, 0.717) is 10.4 Å². The molecular formula is C23H19FN2O3S. The van der Waals surface area contributed by atoms with E-state index in [9.17, 15) is 14.0 Å². The van der Waals surface area contributed by atoms with Crippen LogP contribution in [0, 0.1) is 5.82 Å². The van der Waals surface area contributed by atoms with Crippen molar-refractivity contribution < 1.29 is 18.7 Å². The zero-order chi connectivity index (χ0) is 20.9. The largest absolute Gasteiger partial charge is 0.459 e. The van der Waals surface area contributed by atoms with E-state index in [-0.39, 0.29) is 18.9 Å². The van der Waals surface area contributed by atoms with Gasteiger partial charge in [0.2, 0.25) is 0 Å². The summed E-state index contributed by atoms with van der Waals surface area (Å²) in [7, 11) is 0. The molecule has 0 aliphatic carbocycles. The lowest BCUT2D eigenvalue weighted by atomic mass is 10.0. The molecule has 0 aliphatic heterocycles. The Labute approximate surface area is 176 Å². The number of thiophene rings is 1. The van der Waals surface area contributed by atoms with Crippen LogP contribution in [0.1, 0.15) is 20.8 Å².